The number of hydrogen-bond acceptors (Lipinski definition) is 6. The molecule has 3 rings (SSSR count). The van der Waals surface area contributed by atoms with Crippen LogP contribution in [0.4, 0.5) is 5.95 Å². The molecule has 1 aromatic carbocycles. The molecule has 0 radical (unpaired) electrons. The molecule has 0 bridgehead atoms. The Morgan fingerprint density at radius 1 is 1.12 bits per heavy atom. The van der Waals surface area contributed by atoms with Gasteiger partial charge in [0.2, 0.25) is 5.95 Å². The first-order valence-corrected chi connectivity index (χ1v) is 8.55. The fourth-order valence-electron chi connectivity index (χ4n) is 3.06. The average molecular weight is 350 g/mol. The van der Waals surface area contributed by atoms with Gasteiger partial charge in [0.05, 0.1) is 11.8 Å². The Labute approximate surface area is 152 Å². The Balaban J connectivity index is 1.72. The van der Waals surface area contributed by atoms with Crippen LogP contribution < -0.4 is 5.43 Å². The molecule has 6 heteroatoms. The standard InChI is InChI=1S/C20H22N4O2/c1-12-4-6-15(7-5-12)16-9-18(25)17(19(26)10-16)11-21-24-20-22-13(2)8-14(3)23-20/h4-8,11,16,25H,9-10H2,1-3H3,(H,22,23,24). The smallest absolute Gasteiger partial charge is 0.243 e. The molecule has 0 aliphatic heterocycles. The molecule has 1 aliphatic rings. The minimum absolute atomic E-state index is 0.00374. The van der Waals surface area contributed by atoms with Crippen LogP contribution in [0.2, 0.25) is 0 Å². The van der Waals surface area contributed by atoms with Crippen LogP contribution in [-0.4, -0.2) is 27.1 Å². The van der Waals surface area contributed by atoms with Gasteiger partial charge in [-0.05, 0) is 38.3 Å². The van der Waals surface area contributed by atoms with Crippen molar-refractivity contribution >= 4 is 17.9 Å². The lowest BCUT2D eigenvalue weighted by Crippen LogP contribution is -2.19. The summed E-state index contributed by atoms with van der Waals surface area (Å²) in [6, 6.07) is 9.92. The Morgan fingerprint density at radius 3 is 2.38 bits per heavy atom. The number of rotatable bonds is 4. The van der Waals surface area contributed by atoms with E-state index in [9.17, 15) is 9.90 Å². The molecule has 134 valence electrons. The van der Waals surface area contributed by atoms with E-state index in [2.05, 4.69) is 20.5 Å². The number of allylic oxidation sites excluding steroid dienone is 2. The number of carbonyl (C=O) groups is 1. The van der Waals surface area contributed by atoms with E-state index in [0.717, 1.165) is 17.0 Å². The van der Waals surface area contributed by atoms with Gasteiger partial charge in [-0.1, -0.05) is 29.8 Å². The number of aromatic nitrogens is 2. The van der Waals surface area contributed by atoms with Crippen molar-refractivity contribution in [3.63, 3.8) is 0 Å². The molecule has 1 atom stereocenters. The molecule has 0 amide bonds. The van der Waals surface area contributed by atoms with Crippen LogP contribution in [0.15, 0.2) is 46.8 Å². The predicted octanol–water partition coefficient (Wildman–Crippen LogP) is 3.76. The van der Waals surface area contributed by atoms with Crippen LogP contribution >= 0.6 is 0 Å². The minimum atomic E-state index is -0.119. The fourth-order valence-corrected chi connectivity index (χ4v) is 3.06. The molecule has 1 aliphatic carbocycles. The summed E-state index contributed by atoms with van der Waals surface area (Å²) >= 11 is 0. The lowest BCUT2D eigenvalue weighted by Gasteiger charge is -2.22. The van der Waals surface area contributed by atoms with Gasteiger partial charge in [0, 0.05) is 24.2 Å². The van der Waals surface area contributed by atoms with Crippen LogP contribution in [-0.2, 0) is 4.79 Å². The Kier molecular flexibility index (Phi) is 5.11. The zero-order chi connectivity index (χ0) is 18.7. The van der Waals surface area contributed by atoms with Gasteiger partial charge in [0.15, 0.2) is 5.78 Å². The molecule has 0 saturated heterocycles. The minimum Gasteiger partial charge on any atom is -0.511 e. The van der Waals surface area contributed by atoms with Crippen LogP contribution in [0.3, 0.4) is 0 Å². The van der Waals surface area contributed by atoms with E-state index in [4.69, 9.17) is 0 Å². The van der Waals surface area contributed by atoms with Gasteiger partial charge in [-0.15, -0.1) is 0 Å². The number of anilines is 1. The number of Topliss-reactive ketones (excluding diaryl/α,β-unsaturated/α-hetero) is 1. The number of nitrogens with one attached hydrogen (secondary N) is 1. The Bertz CT molecular complexity index is 865. The molecule has 1 aromatic heterocycles. The summed E-state index contributed by atoms with van der Waals surface area (Å²) in [6.07, 6.45) is 2.13. The van der Waals surface area contributed by atoms with Crippen LogP contribution in [0.1, 0.15) is 41.3 Å². The van der Waals surface area contributed by atoms with Gasteiger partial charge in [0.25, 0.3) is 0 Å². The highest BCUT2D eigenvalue weighted by Gasteiger charge is 2.27. The monoisotopic (exact) mass is 350 g/mol. The number of carbonyl (C=O) groups excluding carboxylic acids is 1. The van der Waals surface area contributed by atoms with Gasteiger partial charge >= 0.3 is 0 Å². The zero-order valence-electron chi connectivity index (χ0n) is 15.2. The van der Waals surface area contributed by atoms with E-state index < -0.39 is 0 Å². The first-order chi connectivity index (χ1) is 12.4. The third-order valence-corrected chi connectivity index (χ3v) is 4.37. The number of nitrogens with zero attached hydrogens (tertiary/aromatic N) is 3. The van der Waals surface area contributed by atoms with Crippen molar-refractivity contribution in [3.05, 3.63) is 64.2 Å². The van der Waals surface area contributed by atoms with Crippen molar-refractivity contribution in [3.8, 4) is 0 Å². The average Bonchev–Trinajstić information content (AvgIpc) is 2.57. The Morgan fingerprint density at radius 2 is 1.77 bits per heavy atom. The first-order valence-electron chi connectivity index (χ1n) is 8.55. The van der Waals surface area contributed by atoms with Crippen molar-refractivity contribution in [2.45, 2.75) is 39.5 Å². The summed E-state index contributed by atoms with van der Waals surface area (Å²) in [5.74, 6) is 0.306. The van der Waals surface area contributed by atoms with Crippen molar-refractivity contribution in [2.75, 3.05) is 5.43 Å². The highest BCUT2D eigenvalue weighted by molar-refractivity contribution is 6.14. The number of hydrogen-bond donors (Lipinski definition) is 2. The van der Waals surface area contributed by atoms with Gasteiger partial charge in [0.1, 0.15) is 5.76 Å². The lowest BCUT2D eigenvalue weighted by atomic mass is 9.83. The van der Waals surface area contributed by atoms with Crippen LogP contribution in [0.25, 0.3) is 0 Å². The maximum atomic E-state index is 12.4. The molecule has 2 N–H and O–H groups in total. The Hall–Kier alpha value is -3.02. The van der Waals surface area contributed by atoms with E-state index in [1.54, 1.807) is 0 Å². The van der Waals surface area contributed by atoms with E-state index in [1.807, 2.05) is 51.1 Å². The summed E-state index contributed by atoms with van der Waals surface area (Å²) < 4.78 is 0. The van der Waals surface area contributed by atoms with E-state index >= 15 is 0 Å². The summed E-state index contributed by atoms with van der Waals surface area (Å²) in [6.45, 7) is 5.76. The molecule has 26 heavy (non-hydrogen) atoms. The molecule has 1 unspecified atom stereocenters. The molecule has 0 spiro atoms. The SMILES string of the molecule is Cc1ccc(C2CC(=O)C(C=NNc3nc(C)cc(C)n3)=C(O)C2)cc1. The molecular weight excluding hydrogens is 328 g/mol. The van der Waals surface area contributed by atoms with E-state index in [-0.39, 0.29) is 23.0 Å². The molecule has 2 aromatic rings. The lowest BCUT2D eigenvalue weighted by molar-refractivity contribution is -0.116. The summed E-state index contributed by atoms with van der Waals surface area (Å²) in [7, 11) is 0. The van der Waals surface area contributed by atoms with Gasteiger partial charge < -0.3 is 5.11 Å². The first kappa shape index (κ1) is 17.8. The highest BCUT2D eigenvalue weighted by atomic mass is 16.3. The number of hydrazone groups is 1. The van der Waals surface area contributed by atoms with Crippen molar-refractivity contribution in [1.29, 1.82) is 0 Å². The third kappa shape index (κ3) is 4.14. The number of aryl methyl sites for hydroxylation is 3. The molecule has 1 heterocycles. The molecule has 0 fully saturated rings. The number of ketones is 1. The van der Waals surface area contributed by atoms with Gasteiger partial charge in [-0.3, -0.25) is 4.79 Å². The van der Waals surface area contributed by atoms with Gasteiger partial charge in [-0.2, -0.15) is 5.10 Å². The van der Waals surface area contributed by atoms with Crippen LogP contribution in [0, 0.1) is 20.8 Å². The normalized spacial score (nSPS) is 17.8. The van der Waals surface area contributed by atoms with Crippen molar-refractivity contribution < 1.29 is 9.90 Å². The second kappa shape index (κ2) is 7.47. The summed E-state index contributed by atoms with van der Waals surface area (Å²) in [5.41, 5.74) is 6.84. The maximum absolute atomic E-state index is 12.4. The van der Waals surface area contributed by atoms with Gasteiger partial charge in [-0.25, -0.2) is 15.4 Å². The molecular formula is C20H22N4O2. The number of aliphatic hydroxyl groups excluding tert-OH is 1. The summed E-state index contributed by atoms with van der Waals surface area (Å²) in [4.78, 5) is 20.9. The largest absolute Gasteiger partial charge is 0.511 e. The highest BCUT2D eigenvalue weighted by Crippen LogP contribution is 2.33. The number of benzene rings is 1. The van der Waals surface area contributed by atoms with E-state index in [1.165, 1.54) is 11.8 Å². The second-order valence-electron chi connectivity index (χ2n) is 6.64. The maximum Gasteiger partial charge on any atom is 0.243 e. The van der Waals surface area contributed by atoms with Crippen LogP contribution in [0.5, 0.6) is 0 Å². The predicted molar refractivity (Wildman–Crippen MR) is 101 cm³/mol. The quantitative estimate of drug-likeness (QED) is 0.647. The zero-order valence-corrected chi connectivity index (χ0v) is 15.2. The fraction of sp³-hybridized carbons (Fsp3) is 0.300. The molecule has 6 nitrogen and oxygen atoms in total. The topological polar surface area (TPSA) is 87.5 Å². The van der Waals surface area contributed by atoms with Crippen molar-refractivity contribution in [1.82, 2.24) is 9.97 Å². The number of aliphatic hydroxyl groups is 1. The molecule has 0 saturated carbocycles. The summed E-state index contributed by atoms with van der Waals surface area (Å²) in [5, 5.41) is 14.3. The second-order valence-corrected chi connectivity index (χ2v) is 6.64. The van der Waals surface area contributed by atoms with E-state index in [0.29, 0.717) is 18.8 Å². The third-order valence-electron chi connectivity index (χ3n) is 4.37. The van der Waals surface area contributed by atoms with Crippen molar-refractivity contribution in [2.24, 2.45) is 5.10 Å².